The molecule has 0 amide bonds. The minimum Gasteiger partial charge on any atom is -0.469 e. The van der Waals surface area contributed by atoms with Crippen molar-refractivity contribution in [1.82, 2.24) is 4.90 Å². The molecule has 1 atom stereocenters. The summed E-state index contributed by atoms with van der Waals surface area (Å²) < 4.78 is 18.2. The van der Waals surface area contributed by atoms with E-state index in [2.05, 4.69) is 34.9 Å². The highest BCUT2D eigenvalue weighted by Gasteiger charge is 2.33. The number of carbonyl (C=O) groups excluding carboxylic acids is 1. The van der Waals surface area contributed by atoms with E-state index in [-0.39, 0.29) is 17.7 Å². The van der Waals surface area contributed by atoms with Crippen molar-refractivity contribution in [3.63, 3.8) is 0 Å². The average Bonchev–Trinajstić information content (AvgIpc) is 3.15. The van der Waals surface area contributed by atoms with Gasteiger partial charge >= 0.3 is 5.97 Å². The molecule has 144 valence electrons. The summed E-state index contributed by atoms with van der Waals surface area (Å²) in [5, 5.41) is 0. The Labute approximate surface area is 165 Å². The van der Waals surface area contributed by atoms with Crippen LogP contribution in [0.1, 0.15) is 47.6 Å². The molecule has 2 aromatic rings. The van der Waals surface area contributed by atoms with Crippen molar-refractivity contribution < 1.29 is 13.9 Å². The Balaban J connectivity index is 1.45. The van der Waals surface area contributed by atoms with Crippen molar-refractivity contribution in [1.29, 1.82) is 0 Å². The number of fused-ring (bicyclic) bond motifs is 1. The number of methoxy groups -OCH3 is 1. The maximum absolute atomic E-state index is 13.3. The number of rotatable bonds is 2. The quantitative estimate of drug-likeness (QED) is 0.583. The number of nitrogens with zero attached hydrogens (tertiary/aromatic N) is 1. The van der Waals surface area contributed by atoms with Crippen LogP contribution in [0.15, 0.2) is 42.5 Å². The molecular formula is C24H24FNO2. The first-order chi connectivity index (χ1) is 13.6. The van der Waals surface area contributed by atoms with E-state index in [0.717, 1.165) is 44.3 Å². The summed E-state index contributed by atoms with van der Waals surface area (Å²) in [6.45, 7) is 1.87. The second-order valence-corrected chi connectivity index (χ2v) is 7.56. The lowest BCUT2D eigenvalue weighted by molar-refractivity contribution is -0.147. The molecule has 1 fully saturated rings. The van der Waals surface area contributed by atoms with Crippen LogP contribution in [0.3, 0.4) is 0 Å². The summed E-state index contributed by atoms with van der Waals surface area (Å²) >= 11 is 0. The molecule has 0 N–H and O–H groups in total. The number of ether oxygens (including phenoxy) is 1. The van der Waals surface area contributed by atoms with Crippen molar-refractivity contribution in [3.8, 4) is 11.8 Å². The molecule has 4 rings (SSSR count). The average molecular weight is 377 g/mol. The number of piperidine rings is 1. The van der Waals surface area contributed by atoms with Crippen LogP contribution < -0.4 is 0 Å². The minimum absolute atomic E-state index is 0.0441. The van der Waals surface area contributed by atoms with Gasteiger partial charge in [0.1, 0.15) is 5.82 Å². The lowest BCUT2D eigenvalue weighted by atomic mass is 9.94. The lowest BCUT2D eigenvalue weighted by Crippen LogP contribution is -2.38. The molecule has 2 aromatic carbocycles. The van der Waals surface area contributed by atoms with Crippen LogP contribution in [0.25, 0.3) is 0 Å². The minimum atomic E-state index is -0.264. The van der Waals surface area contributed by atoms with Gasteiger partial charge in [0.25, 0.3) is 0 Å². The number of likely N-dealkylation sites (tertiary alicyclic amines) is 1. The first kappa shape index (κ1) is 18.7. The van der Waals surface area contributed by atoms with Crippen molar-refractivity contribution in [2.24, 2.45) is 5.92 Å². The van der Waals surface area contributed by atoms with Gasteiger partial charge in [-0.3, -0.25) is 9.69 Å². The van der Waals surface area contributed by atoms with Crippen molar-refractivity contribution >= 4 is 5.97 Å². The molecule has 4 heteroatoms. The summed E-state index contributed by atoms with van der Waals surface area (Å²) in [4.78, 5) is 14.2. The van der Waals surface area contributed by atoms with Crippen LogP contribution in [-0.4, -0.2) is 31.1 Å². The van der Waals surface area contributed by atoms with E-state index in [1.807, 2.05) is 6.07 Å². The number of aryl methyl sites for hydroxylation is 1. The SMILES string of the molecule is COC(=O)C1CCN(C2CCc3cc(C#Cc4cccc(F)c4)ccc32)CC1. The molecular weight excluding hydrogens is 353 g/mol. The zero-order chi connectivity index (χ0) is 19.5. The van der Waals surface area contributed by atoms with E-state index < -0.39 is 0 Å². The molecule has 1 aliphatic heterocycles. The smallest absolute Gasteiger partial charge is 0.308 e. The van der Waals surface area contributed by atoms with E-state index >= 15 is 0 Å². The van der Waals surface area contributed by atoms with E-state index in [4.69, 9.17) is 4.74 Å². The number of halogens is 1. The monoisotopic (exact) mass is 377 g/mol. The van der Waals surface area contributed by atoms with Crippen LogP contribution in [0.2, 0.25) is 0 Å². The number of hydrogen-bond donors (Lipinski definition) is 0. The number of esters is 1. The Hall–Kier alpha value is -2.64. The van der Waals surface area contributed by atoms with E-state index in [1.54, 1.807) is 6.07 Å². The maximum atomic E-state index is 13.3. The van der Waals surface area contributed by atoms with E-state index in [1.165, 1.54) is 30.4 Å². The summed E-state index contributed by atoms with van der Waals surface area (Å²) in [7, 11) is 1.47. The topological polar surface area (TPSA) is 29.5 Å². The van der Waals surface area contributed by atoms with Crippen LogP contribution in [0, 0.1) is 23.6 Å². The van der Waals surface area contributed by atoms with Crippen LogP contribution in [0.4, 0.5) is 4.39 Å². The Morgan fingerprint density at radius 1 is 1.07 bits per heavy atom. The molecule has 0 bridgehead atoms. The van der Waals surface area contributed by atoms with Crippen molar-refractivity contribution in [2.75, 3.05) is 20.2 Å². The molecule has 1 unspecified atom stereocenters. The molecule has 1 saturated heterocycles. The molecule has 0 aromatic heterocycles. The highest BCUT2D eigenvalue weighted by atomic mass is 19.1. The Morgan fingerprint density at radius 2 is 1.82 bits per heavy atom. The number of carbonyl (C=O) groups is 1. The molecule has 2 aliphatic rings. The molecule has 1 heterocycles. The van der Waals surface area contributed by atoms with Gasteiger partial charge < -0.3 is 4.74 Å². The largest absolute Gasteiger partial charge is 0.469 e. The highest BCUT2D eigenvalue weighted by Crippen LogP contribution is 2.38. The van der Waals surface area contributed by atoms with E-state index in [0.29, 0.717) is 11.6 Å². The van der Waals surface area contributed by atoms with Crippen LogP contribution in [0.5, 0.6) is 0 Å². The van der Waals surface area contributed by atoms with Gasteiger partial charge in [-0.15, -0.1) is 0 Å². The first-order valence-electron chi connectivity index (χ1n) is 9.86. The van der Waals surface area contributed by atoms with Crippen LogP contribution in [-0.2, 0) is 16.0 Å². The van der Waals surface area contributed by atoms with Gasteiger partial charge in [-0.2, -0.15) is 0 Å². The van der Waals surface area contributed by atoms with Gasteiger partial charge in [0.15, 0.2) is 0 Å². The van der Waals surface area contributed by atoms with Gasteiger partial charge in [0.05, 0.1) is 13.0 Å². The zero-order valence-corrected chi connectivity index (χ0v) is 16.1. The van der Waals surface area contributed by atoms with Crippen molar-refractivity contribution in [2.45, 2.75) is 31.7 Å². The van der Waals surface area contributed by atoms with Crippen molar-refractivity contribution in [3.05, 3.63) is 70.5 Å². The summed E-state index contributed by atoms with van der Waals surface area (Å²) in [6.07, 6.45) is 3.90. The second-order valence-electron chi connectivity index (χ2n) is 7.56. The summed E-state index contributed by atoms with van der Waals surface area (Å²) in [5.74, 6) is 5.90. The molecule has 28 heavy (non-hydrogen) atoms. The first-order valence-corrected chi connectivity index (χ1v) is 9.86. The standard InChI is InChI=1S/C24H24FNO2/c1-28-24(27)19-11-13-26(14-12-19)23-10-8-20-15-18(7-9-22(20)23)6-5-17-3-2-4-21(25)16-17/h2-4,7,9,15-16,19,23H,8,10-14H2,1H3. The van der Waals surface area contributed by atoms with Gasteiger partial charge in [0, 0.05) is 17.2 Å². The molecule has 0 radical (unpaired) electrons. The Bertz CT molecular complexity index is 935. The summed E-state index contributed by atoms with van der Waals surface area (Å²) in [6, 6.07) is 13.2. The fraction of sp³-hybridized carbons (Fsp3) is 0.375. The fourth-order valence-corrected chi connectivity index (χ4v) is 4.38. The highest BCUT2D eigenvalue weighted by molar-refractivity contribution is 5.72. The second kappa shape index (κ2) is 8.16. The number of hydrogen-bond acceptors (Lipinski definition) is 3. The maximum Gasteiger partial charge on any atom is 0.308 e. The Kier molecular flexibility index (Phi) is 5.45. The molecule has 0 saturated carbocycles. The number of benzene rings is 2. The molecule has 0 spiro atoms. The predicted octanol–water partition coefficient (Wildman–Crippen LogP) is 4.10. The van der Waals surface area contributed by atoms with Gasteiger partial charge in [-0.1, -0.05) is 24.0 Å². The predicted molar refractivity (Wildman–Crippen MR) is 106 cm³/mol. The molecule has 3 nitrogen and oxygen atoms in total. The molecule has 1 aliphatic carbocycles. The van der Waals surface area contributed by atoms with Gasteiger partial charge in [-0.05, 0) is 80.2 Å². The zero-order valence-electron chi connectivity index (χ0n) is 16.1. The van der Waals surface area contributed by atoms with E-state index in [9.17, 15) is 9.18 Å². The van der Waals surface area contributed by atoms with Gasteiger partial charge in [0.2, 0.25) is 0 Å². The third-order valence-electron chi connectivity index (χ3n) is 5.87. The Morgan fingerprint density at radius 3 is 2.54 bits per heavy atom. The van der Waals surface area contributed by atoms with Crippen LogP contribution >= 0.6 is 0 Å². The lowest BCUT2D eigenvalue weighted by Gasteiger charge is -2.35. The third kappa shape index (κ3) is 3.95. The third-order valence-corrected chi connectivity index (χ3v) is 5.87. The van der Waals surface area contributed by atoms with Gasteiger partial charge in [-0.25, -0.2) is 4.39 Å². The summed E-state index contributed by atoms with van der Waals surface area (Å²) in [5.41, 5.74) is 4.39. The normalized spacial score (nSPS) is 19.6. The fourth-order valence-electron chi connectivity index (χ4n) is 4.38.